The molecule has 0 aliphatic rings. The highest BCUT2D eigenvalue weighted by Gasteiger charge is 2.18. The summed E-state index contributed by atoms with van der Waals surface area (Å²) in [5, 5.41) is 22.7. The second kappa shape index (κ2) is 7.40. The molecular weight excluding hydrogens is 322 g/mol. The zero-order chi connectivity index (χ0) is 18.6. The summed E-state index contributed by atoms with van der Waals surface area (Å²) in [6, 6.07) is 9.95. The minimum absolute atomic E-state index is 0.0109. The van der Waals surface area contributed by atoms with Gasteiger partial charge in [0.1, 0.15) is 11.9 Å². The van der Waals surface area contributed by atoms with Crippen LogP contribution in [0, 0.1) is 35.3 Å². The van der Waals surface area contributed by atoms with Crippen LogP contribution in [-0.4, -0.2) is 29.4 Å². The summed E-state index contributed by atoms with van der Waals surface area (Å²) in [6.45, 7) is 3.87. The van der Waals surface area contributed by atoms with Crippen molar-refractivity contribution in [3.63, 3.8) is 0 Å². The Kier molecular flexibility index (Phi) is 5.29. The number of carbonyl (C=O) groups is 1. The highest BCUT2D eigenvalue weighted by Crippen LogP contribution is 2.21. The van der Waals surface area contributed by atoms with Crippen LogP contribution in [0.5, 0.6) is 0 Å². The molecule has 2 rings (SSSR count). The fourth-order valence-corrected chi connectivity index (χ4v) is 2.26. The van der Waals surface area contributed by atoms with Crippen LogP contribution in [0.4, 0.5) is 17.2 Å². The molecule has 0 radical (unpaired) electrons. The molecule has 0 fully saturated rings. The van der Waals surface area contributed by atoms with Crippen LogP contribution in [0.1, 0.15) is 16.8 Å². The Morgan fingerprint density at radius 1 is 1.36 bits per heavy atom. The number of amides is 1. The average molecular weight is 339 g/mol. The van der Waals surface area contributed by atoms with Crippen molar-refractivity contribution in [2.75, 3.05) is 23.8 Å². The molecule has 8 heteroatoms. The van der Waals surface area contributed by atoms with E-state index >= 15 is 0 Å². The summed E-state index contributed by atoms with van der Waals surface area (Å²) in [7, 11) is 1.62. The highest BCUT2D eigenvalue weighted by atomic mass is 16.6. The van der Waals surface area contributed by atoms with Crippen molar-refractivity contribution in [1.82, 2.24) is 4.98 Å². The van der Waals surface area contributed by atoms with Crippen molar-refractivity contribution in [2.24, 2.45) is 0 Å². The highest BCUT2D eigenvalue weighted by molar-refractivity contribution is 5.94. The summed E-state index contributed by atoms with van der Waals surface area (Å²) in [6.07, 6.45) is 0. The first-order valence-electron chi connectivity index (χ1n) is 7.46. The number of aryl methyl sites for hydroxylation is 1. The Bertz CT molecular complexity index is 873. The normalized spacial score (nSPS) is 10.0. The van der Waals surface area contributed by atoms with E-state index in [1.54, 1.807) is 13.1 Å². The van der Waals surface area contributed by atoms with Crippen molar-refractivity contribution in [3.8, 4) is 6.07 Å². The van der Waals surface area contributed by atoms with Gasteiger partial charge in [0.15, 0.2) is 0 Å². The minimum Gasteiger partial charge on any atom is -0.350 e. The number of nitro groups is 1. The van der Waals surface area contributed by atoms with Gasteiger partial charge < -0.3 is 10.2 Å². The first-order chi connectivity index (χ1) is 11.8. The van der Waals surface area contributed by atoms with Crippen molar-refractivity contribution in [3.05, 3.63) is 57.3 Å². The maximum absolute atomic E-state index is 12.2. The van der Waals surface area contributed by atoms with Crippen molar-refractivity contribution >= 4 is 23.1 Å². The van der Waals surface area contributed by atoms with Gasteiger partial charge >= 0.3 is 5.69 Å². The van der Waals surface area contributed by atoms with Crippen LogP contribution in [-0.2, 0) is 4.79 Å². The van der Waals surface area contributed by atoms with Crippen molar-refractivity contribution < 1.29 is 9.72 Å². The number of carbonyl (C=O) groups excluding carboxylic acids is 1. The molecule has 0 saturated carbocycles. The molecule has 0 unspecified atom stereocenters. The second-order valence-electron chi connectivity index (χ2n) is 5.56. The van der Waals surface area contributed by atoms with E-state index in [9.17, 15) is 14.9 Å². The number of hydrogen-bond acceptors (Lipinski definition) is 6. The molecule has 1 aromatic heterocycles. The van der Waals surface area contributed by atoms with Gasteiger partial charge in [0, 0.05) is 18.8 Å². The molecule has 0 bridgehead atoms. The van der Waals surface area contributed by atoms with Gasteiger partial charge in [-0.05, 0) is 37.1 Å². The maximum Gasteiger partial charge on any atom is 0.305 e. The van der Waals surface area contributed by atoms with Gasteiger partial charge in [-0.3, -0.25) is 14.9 Å². The Hall–Kier alpha value is -3.47. The topological polar surface area (TPSA) is 112 Å². The molecule has 0 saturated heterocycles. The Morgan fingerprint density at radius 2 is 2.08 bits per heavy atom. The third kappa shape index (κ3) is 4.09. The number of anilines is 2. The maximum atomic E-state index is 12.2. The smallest absolute Gasteiger partial charge is 0.305 e. The van der Waals surface area contributed by atoms with E-state index in [2.05, 4.69) is 10.3 Å². The lowest BCUT2D eigenvalue weighted by Gasteiger charge is -2.18. The zero-order valence-electron chi connectivity index (χ0n) is 14.1. The predicted molar refractivity (Wildman–Crippen MR) is 93.4 cm³/mol. The van der Waals surface area contributed by atoms with E-state index in [0.29, 0.717) is 5.82 Å². The van der Waals surface area contributed by atoms with Gasteiger partial charge in [-0.25, -0.2) is 4.98 Å². The van der Waals surface area contributed by atoms with Gasteiger partial charge in [-0.2, -0.15) is 5.26 Å². The van der Waals surface area contributed by atoms with Crippen LogP contribution in [0.15, 0.2) is 30.3 Å². The molecular formula is C17H17N5O3. The summed E-state index contributed by atoms with van der Waals surface area (Å²) in [5.41, 5.74) is 2.14. The number of rotatable bonds is 5. The van der Waals surface area contributed by atoms with Crippen LogP contribution < -0.4 is 10.2 Å². The minimum atomic E-state index is -0.664. The molecule has 128 valence electrons. The van der Waals surface area contributed by atoms with Gasteiger partial charge in [-0.15, -0.1) is 0 Å². The number of nitrogens with one attached hydrogen (secondary N) is 1. The number of pyridine rings is 1. The lowest BCUT2D eigenvalue weighted by atomic mass is 10.1. The Labute approximate surface area is 144 Å². The third-order valence-corrected chi connectivity index (χ3v) is 3.81. The summed E-state index contributed by atoms with van der Waals surface area (Å²) in [4.78, 5) is 27.9. The summed E-state index contributed by atoms with van der Waals surface area (Å²) < 4.78 is 0. The SMILES string of the molecule is Cc1cccc(NC(=O)CN(C)c2ccc([N+](=O)[O-])c(C#N)n2)c1C. The molecule has 25 heavy (non-hydrogen) atoms. The van der Waals surface area contributed by atoms with Crippen LogP contribution in [0.25, 0.3) is 0 Å². The van der Waals surface area contributed by atoms with Crippen molar-refractivity contribution in [2.45, 2.75) is 13.8 Å². The number of nitrogens with zero attached hydrogens (tertiary/aromatic N) is 4. The quantitative estimate of drug-likeness (QED) is 0.662. The summed E-state index contributed by atoms with van der Waals surface area (Å²) >= 11 is 0. The molecule has 1 amide bonds. The molecule has 0 spiro atoms. The molecule has 1 N–H and O–H groups in total. The lowest BCUT2D eigenvalue weighted by Crippen LogP contribution is -2.31. The Balaban J connectivity index is 2.12. The van der Waals surface area contributed by atoms with E-state index in [0.717, 1.165) is 16.8 Å². The first kappa shape index (κ1) is 17.9. The molecule has 1 aromatic carbocycles. The Morgan fingerprint density at radius 3 is 2.72 bits per heavy atom. The fraction of sp³-hybridized carbons (Fsp3) is 0.235. The molecule has 2 aromatic rings. The lowest BCUT2D eigenvalue weighted by molar-refractivity contribution is -0.385. The third-order valence-electron chi connectivity index (χ3n) is 3.81. The van der Waals surface area contributed by atoms with E-state index in [-0.39, 0.29) is 23.8 Å². The number of hydrogen-bond donors (Lipinski definition) is 1. The average Bonchev–Trinajstić information content (AvgIpc) is 2.58. The van der Waals surface area contributed by atoms with Gasteiger partial charge in [0.05, 0.1) is 11.5 Å². The second-order valence-corrected chi connectivity index (χ2v) is 5.56. The van der Waals surface area contributed by atoms with E-state index in [1.807, 2.05) is 32.0 Å². The number of aromatic nitrogens is 1. The van der Waals surface area contributed by atoms with Crippen LogP contribution in [0.3, 0.4) is 0 Å². The van der Waals surface area contributed by atoms with Crippen molar-refractivity contribution in [1.29, 1.82) is 5.26 Å². The molecule has 0 aliphatic heterocycles. The van der Waals surface area contributed by atoms with Gasteiger partial charge in [-0.1, -0.05) is 12.1 Å². The first-order valence-corrected chi connectivity index (χ1v) is 7.46. The number of benzene rings is 1. The predicted octanol–water partition coefficient (Wildman–Crippen LogP) is 2.55. The largest absolute Gasteiger partial charge is 0.350 e. The monoisotopic (exact) mass is 339 g/mol. The molecule has 0 atom stereocenters. The van der Waals surface area contributed by atoms with E-state index < -0.39 is 4.92 Å². The van der Waals surface area contributed by atoms with Gasteiger partial charge in [0.2, 0.25) is 11.6 Å². The van der Waals surface area contributed by atoms with Crippen LogP contribution in [0.2, 0.25) is 0 Å². The van der Waals surface area contributed by atoms with Gasteiger partial charge in [0.25, 0.3) is 0 Å². The van der Waals surface area contributed by atoms with E-state index in [4.69, 9.17) is 5.26 Å². The standard InChI is InChI=1S/C17H17N5O3/c1-11-5-4-6-13(12(11)2)20-17(23)10-21(3)16-8-7-15(22(24)25)14(9-18)19-16/h4-8H,10H2,1-3H3,(H,20,23). The molecule has 0 aliphatic carbocycles. The zero-order valence-corrected chi connectivity index (χ0v) is 14.1. The number of nitriles is 1. The van der Waals surface area contributed by atoms with E-state index in [1.165, 1.54) is 17.0 Å². The molecule has 1 heterocycles. The molecule has 8 nitrogen and oxygen atoms in total. The summed E-state index contributed by atoms with van der Waals surface area (Å²) in [5.74, 6) is 0.0492. The van der Waals surface area contributed by atoms with Crippen LogP contribution >= 0.6 is 0 Å². The number of likely N-dealkylation sites (N-methyl/N-ethyl adjacent to an activating group) is 1. The fourth-order valence-electron chi connectivity index (χ4n) is 2.26.